The SMILES string of the molecule is COc1cccc(OC)c1SNc1noc2cc(-c3cnc(N4CCNCC4)s3)cc(OC)c12. The fourth-order valence-corrected chi connectivity index (χ4v) is 5.62. The highest BCUT2D eigenvalue weighted by Gasteiger charge is 2.20. The number of nitrogens with one attached hydrogen (secondary N) is 2. The maximum absolute atomic E-state index is 5.72. The van der Waals surface area contributed by atoms with E-state index in [0.29, 0.717) is 28.6 Å². The first kappa shape index (κ1) is 22.6. The third kappa shape index (κ3) is 4.33. The number of aromatic nitrogens is 2. The van der Waals surface area contributed by atoms with E-state index in [2.05, 4.69) is 25.1 Å². The number of piperazine rings is 1. The fourth-order valence-electron chi connectivity index (χ4n) is 3.83. The molecule has 2 aromatic heterocycles. The van der Waals surface area contributed by atoms with Crippen LogP contribution in [0.1, 0.15) is 0 Å². The Morgan fingerprint density at radius 2 is 1.79 bits per heavy atom. The van der Waals surface area contributed by atoms with Gasteiger partial charge in [0.15, 0.2) is 16.5 Å². The van der Waals surface area contributed by atoms with Gasteiger partial charge in [-0.3, -0.25) is 0 Å². The molecule has 0 radical (unpaired) electrons. The van der Waals surface area contributed by atoms with Gasteiger partial charge >= 0.3 is 0 Å². The molecule has 3 heterocycles. The third-order valence-electron chi connectivity index (χ3n) is 5.56. The lowest BCUT2D eigenvalue weighted by Crippen LogP contribution is -2.43. The first-order valence-corrected chi connectivity index (χ1v) is 12.4. The van der Waals surface area contributed by atoms with Gasteiger partial charge in [0.05, 0.1) is 26.2 Å². The quantitative estimate of drug-likeness (QED) is 0.337. The molecule has 11 heteroatoms. The van der Waals surface area contributed by atoms with E-state index in [0.717, 1.165) is 52.0 Å². The second kappa shape index (κ2) is 10.00. The lowest BCUT2D eigenvalue weighted by Gasteiger charge is -2.26. The maximum atomic E-state index is 5.72. The highest BCUT2D eigenvalue weighted by Crippen LogP contribution is 2.42. The van der Waals surface area contributed by atoms with Gasteiger partial charge in [-0.2, -0.15) is 0 Å². The number of hydrogen-bond acceptors (Lipinski definition) is 11. The van der Waals surface area contributed by atoms with E-state index >= 15 is 0 Å². The molecule has 1 saturated heterocycles. The van der Waals surface area contributed by atoms with E-state index in [9.17, 15) is 0 Å². The number of methoxy groups -OCH3 is 3. The average Bonchev–Trinajstić information content (AvgIpc) is 3.55. The molecule has 0 unspecified atom stereocenters. The van der Waals surface area contributed by atoms with Crippen molar-refractivity contribution in [1.82, 2.24) is 15.5 Å². The molecule has 0 aliphatic carbocycles. The van der Waals surface area contributed by atoms with Crippen LogP contribution in [-0.2, 0) is 0 Å². The lowest BCUT2D eigenvalue weighted by molar-refractivity contribution is 0.376. The zero-order valence-electron chi connectivity index (χ0n) is 19.1. The molecule has 1 aliphatic heterocycles. The topological polar surface area (TPSA) is 93.9 Å². The molecule has 4 aromatic rings. The molecule has 178 valence electrons. The first-order chi connectivity index (χ1) is 16.7. The first-order valence-electron chi connectivity index (χ1n) is 10.7. The van der Waals surface area contributed by atoms with Crippen LogP contribution in [0.15, 0.2) is 45.9 Å². The summed E-state index contributed by atoms with van der Waals surface area (Å²) in [6.07, 6.45) is 1.90. The fraction of sp³-hybridized carbons (Fsp3) is 0.304. The Labute approximate surface area is 205 Å². The monoisotopic (exact) mass is 499 g/mol. The van der Waals surface area contributed by atoms with Gasteiger partial charge in [-0.15, -0.1) is 0 Å². The molecule has 9 nitrogen and oxygen atoms in total. The van der Waals surface area contributed by atoms with Crippen molar-refractivity contribution in [2.75, 3.05) is 57.1 Å². The summed E-state index contributed by atoms with van der Waals surface area (Å²) in [5, 5.41) is 9.41. The maximum Gasteiger partial charge on any atom is 0.191 e. The molecule has 0 spiro atoms. The second-order valence-electron chi connectivity index (χ2n) is 7.52. The minimum absolute atomic E-state index is 0.558. The van der Waals surface area contributed by atoms with Crippen LogP contribution < -0.4 is 29.1 Å². The second-order valence-corrected chi connectivity index (χ2v) is 9.35. The Kier molecular flexibility index (Phi) is 6.66. The van der Waals surface area contributed by atoms with Crippen molar-refractivity contribution in [3.05, 3.63) is 36.5 Å². The smallest absolute Gasteiger partial charge is 0.191 e. The van der Waals surface area contributed by atoms with Crippen LogP contribution in [-0.4, -0.2) is 57.6 Å². The van der Waals surface area contributed by atoms with Crippen molar-refractivity contribution >= 4 is 45.2 Å². The molecular weight excluding hydrogens is 474 g/mol. The zero-order valence-corrected chi connectivity index (χ0v) is 20.7. The standard InChI is InChI=1S/C23H25N5O4S2/c1-29-15-5-4-6-16(30-2)21(15)34-27-22-20-17(31-3)11-14(12-18(20)32-26-22)19-13-25-23(33-19)28-9-7-24-8-10-28/h4-6,11-13,24H,7-10H2,1-3H3,(H,26,27). The van der Waals surface area contributed by atoms with Crippen molar-refractivity contribution in [3.8, 4) is 27.7 Å². The summed E-state index contributed by atoms with van der Waals surface area (Å²) in [6, 6.07) is 9.60. The Hall–Kier alpha value is -3.15. The van der Waals surface area contributed by atoms with Crippen LogP contribution in [0, 0.1) is 0 Å². The van der Waals surface area contributed by atoms with Gasteiger partial charge in [-0.05, 0) is 36.2 Å². The van der Waals surface area contributed by atoms with Gasteiger partial charge in [0.25, 0.3) is 0 Å². The highest BCUT2D eigenvalue weighted by molar-refractivity contribution is 8.00. The van der Waals surface area contributed by atoms with Gasteiger partial charge in [-0.25, -0.2) is 4.98 Å². The van der Waals surface area contributed by atoms with Crippen molar-refractivity contribution in [1.29, 1.82) is 0 Å². The van der Waals surface area contributed by atoms with E-state index in [1.807, 2.05) is 36.5 Å². The Morgan fingerprint density at radius 1 is 1.06 bits per heavy atom. The van der Waals surface area contributed by atoms with Gasteiger partial charge in [0.1, 0.15) is 27.5 Å². The van der Waals surface area contributed by atoms with Crippen LogP contribution in [0.3, 0.4) is 0 Å². The number of fused-ring (bicyclic) bond motifs is 1. The van der Waals surface area contributed by atoms with Crippen LogP contribution in [0.5, 0.6) is 17.2 Å². The van der Waals surface area contributed by atoms with Crippen LogP contribution in [0.2, 0.25) is 0 Å². The average molecular weight is 500 g/mol. The van der Waals surface area contributed by atoms with Crippen LogP contribution in [0.4, 0.5) is 10.9 Å². The molecule has 2 N–H and O–H groups in total. The van der Waals surface area contributed by atoms with Crippen molar-refractivity contribution < 1.29 is 18.7 Å². The predicted molar refractivity (Wildman–Crippen MR) is 136 cm³/mol. The molecule has 1 fully saturated rings. The van der Waals surface area contributed by atoms with E-state index in [-0.39, 0.29) is 0 Å². The molecule has 1 aliphatic rings. The van der Waals surface area contributed by atoms with Crippen molar-refractivity contribution in [3.63, 3.8) is 0 Å². The lowest BCUT2D eigenvalue weighted by atomic mass is 10.1. The molecule has 5 rings (SSSR count). The van der Waals surface area contributed by atoms with Gasteiger partial charge in [-0.1, -0.05) is 22.6 Å². The number of thiazole rings is 1. The van der Waals surface area contributed by atoms with Crippen molar-refractivity contribution in [2.45, 2.75) is 4.90 Å². The van der Waals surface area contributed by atoms with Crippen LogP contribution >= 0.6 is 23.3 Å². The zero-order chi connectivity index (χ0) is 23.5. The van der Waals surface area contributed by atoms with E-state index in [1.54, 1.807) is 32.7 Å². The number of anilines is 2. The number of benzene rings is 2. The summed E-state index contributed by atoms with van der Waals surface area (Å²) >= 11 is 3.00. The van der Waals surface area contributed by atoms with E-state index < -0.39 is 0 Å². The molecular formula is C23H25N5O4S2. The summed E-state index contributed by atoms with van der Waals surface area (Å²) < 4.78 is 25.6. The Bertz CT molecular complexity index is 1260. The molecule has 0 saturated carbocycles. The number of rotatable bonds is 8. The summed E-state index contributed by atoms with van der Waals surface area (Å²) in [7, 11) is 4.90. The van der Waals surface area contributed by atoms with E-state index in [4.69, 9.17) is 18.7 Å². The molecule has 2 aromatic carbocycles. The molecule has 0 atom stereocenters. The number of hydrogen-bond donors (Lipinski definition) is 2. The van der Waals surface area contributed by atoms with E-state index in [1.165, 1.54) is 11.9 Å². The summed E-state index contributed by atoms with van der Waals surface area (Å²) in [4.78, 5) is 8.81. The Morgan fingerprint density at radius 3 is 2.50 bits per heavy atom. The Balaban J connectivity index is 1.43. The number of nitrogens with zero attached hydrogens (tertiary/aromatic N) is 3. The molecule has 0 amide bonds. The largest absolute Gasteiger partial charge is 0.496 e. The summed E-state index contributed by atoms with van der Waals surface area (Å²) in [5.41, 5.74) is 1.60. The predicted octanol–water partition coefficient (Wildman–Crippen LogP) is 4.51. The molecule has 34 heavy (non-hydrogen) atoms. The van der Waals surface area contributed by atoms with Gasteiger partial charge < -0.3 is 33.7 Å². The third-order valence-corrected chi connectivity index (χ3v) is 7.56. The summed E-state index contributed by atoms with van der Waals surface area (Å²) in [5.74, 6) is 2.62. The molecule has 0 bridgehead atoms. The van der Waals surface area contributed by atoms with Gasteiger partial charge in [0, 0.05) is 37.9 Å². The minimum atomic E-state index is 0.558. The normalized spacial score (nSPS) is 13.8. The van der Waals surface area contributed by atoms with Crippen molar-refractivity contribution in [2.24, 2.45) is 0 Å². The number of ether oxygens (including phenoxy) is 3. The summed E-state index contributed by atoms with van der Waals surface area (Å²) in [6.45, 7) is 3.87. The van der Waals surface area contributed by atoms with Crippen LogP contribution in [0.25, 0.3) is 21.4 Å². The van der Waals surface area contributed by atoms with Gasteiger partial charge in [0.2, 0.25) is 0 Å². The highest BCUT2D eigenvalue weighted by atomic mass is 32.2. The minimum Gasteiger partial charge on any atom is -0.496 e.